The summed E-state index contributed by atoms with van der Waals surface area (Å²) in [4.78, 5) is 6.75. The van der Waals surface area contributed by atoms with Gasteiger partial charge < -0.3 is 4.98 Å². The lowest BCUT2D eigenvalue weighted by atomic mass is 10.1. The van der Waals surface area contributed by atoms with Gasteiger partial charge in [-0.15, -0.1) is 0 Å². The second-order valence-electron chi connectivity index (χ2n) is 5.71. The fourth-order valence-electron chi connectivity index (χ4n) is 2.26. The van der Waals surface area contributed by atoms with Crippen molar-refractivity contribution in [2.75, 3.05) is 0 Å². The highest BCUT2D eigenvalue weighted by Crippen LogP contribution is 2.11. The summed E-state index contributed by atoms with van der Waals surface area (Å²) in [6.07, 6.45) is 21.0. The molecule has 1 aromatic heterocycles. The highest BCUT2D eigenvalue weighted by atomic mass is 14.9. The van der Waals surface area contributed by atoms with E-state index in [1.165, 1.54) is 77.0 Å². The third-order valence-corrected chi connectivity index (χ3v) is 3.59. The Bertz CT molecular complexity index is 242. The zero-order valence-electron chi connectivity index (χ0n) is 14.1. The molecule has 1 N–H and O–H groups in total. The Balaban J connectivity index is 0.000000493. The molecule has 0 aliphatic heterocycles. The number of unbranched alkanes of at least 4 members (excludes halogenated alkanes) is 11. The standard InChI is InChI=1S/C14H30.C4H6N2/c1-3-5-7-9-11-13-14-12-10-8-6-4-2;1-4-5-2-3-6-4/h3-14H2,1-2H3;2-3H,1H3,(H,5,6). The van der Waals surface area contributed by atoms with E-state index in [2.05, 4.69) is 23.8 Å². The molecule has 0 spiro atoms. The maximum absolute atomic E-state index is 3.86. The second kappa shape index (κ2) is 16.3. The van der Waals surface area contributed by atoms with Crippen LogP contribution in [0.1, 0.15) is 96.7 Å². The van der Waals surface area contributed by atoms with E-state index >= 15 is 0 Å². The maximum atomic E-state index is 3.86. The van der Waals surface area contributed by atoms with Crippen molar-refractivity contribution in [2.45, 2.75) is 97.8 Å². The number of aromatic amines is 1. The first-order valence-corrected chi connectivity index (χ1v) is 8.77. The van der Waals surface area contributed by atoms with Crippen LogP contribution in [-0.4, -0.2) is 9.97 Å². The summed E-state index contributed by atoms with van der Waals surface area (Å²) in [6.45, 7) is 6.49. The van der Waals surface area contributed by atoms with E-state index in [1.54, 1.807) is 12.4 Å². The molecule has 2 heteroatoms. The van der Waals surface area contributed by atoms with E-state index in [1.807, 2.05) is 6.92 Å². The van der Waals surface area contributed by atoms with Crippen molar-refractivity contribution in [1.82, 2.24) is 9.97 Å². The number of rotatable bonds is 11. The summed E-state index contributed by atoms with van der Waals surface area (Å²) in [5, 5.41) is 0. The summed E-state index contributed by atoms with van der Waals surface area (Å²) >= 11 is 0. The lowest BCUT2D eigenvalue weighted by Gasteiger charge is -2.01. The largest absolute Gasteiger partial charge is 0.349 e. The van der Waals surface area contributed by atoms with E-state index in [-0.39, 0.29) is 0 Å². The van der Waals surface area contributed by atoms with Crippen LogP contribution >= 0.6 is 0 Å². The van der Waals surface area contributed by atoms with Crippen molar-refractivity contribution in [2.24, 2.45) is 0 Å². The molecule has 0 atom stereocenters. The number of hydrogen-bond donors (Lipinski definition) is 1. The van der Waals surface area contributed by atoms with Crippen LogP contribution in [-0.2, 0) is 0 Å². The molecule has 1 aromatic rings. The van der Waals surface area contributed by atoms with Gasteiger partial charge in [0.05, 0.1) is 0 Å². The van der Waals surface area contributed by atoms with E-state index in [0.29, 0.717) is 0 Å². The van der Waals surface area contributed by atoms with Gasteiger partial charge in [0, 0.05) is 12.4 Å². The molecule has 1 rings (SSSR count). The normalized spacial score (nSPS) is 10.2. The quantitative estimate of drug-likeness (QED) is 0.465. The lowest BCUT2D eigenvalue weighted by Crippen LogP contribution is -1.81. The van der Waals surface area contributed by atoms with Crippen LogP contribution in [0.2, 0.25) is 0 Å². The minimum absolute atomic E-state index is 0.968. The Hall–Kier alpha value is -0.790. The van der Waals surface area contributed by atoms with Crippen molar-refractivity contribution < 1.29 is 0 Å². The fourth-order valence-corrected chi connectivity index (χ4v) is 2.26. The minimum atomic E-state index is 0.968. The number of aryl methyl sites for hydroxylation is 1. The smallest absolute Gasteiger partial charge is 0.102 e. The number of hydrogen-bond acceptors (Lipinski definition) is 1. The SMILES string of the molecule is CCCCCCCCCCCCCC.Cc1ncc[nH]1. The number of aromatic nitrogens is 2. The molecule has 20 heavy (non-hydrogen) atoms. The van der Waals surface area contributed by atoms with Gasteiger partial charge in [-0.2, -0.15) is 0 Å². The van der Waals surface area contributed by atoms with E-state index in [0.717, 1.165) is 5.82 Å². The first-order chi connectivity index (χ1) is 9.81. The summed E-state index contributed by atoms with van der Waals surface area (Å²) < 4.78 is 0. The lowest BCUT2D eigenvalue weighted by molar-refractivity contribution is 0.548. The molecule has 0 radical (unpaired) electrons. The van der Waals surface area contributed by atoms with Crippen molar-refractivity contribution in [3.8, 4) is 0 Å². The third-order valence-electron chi connectivity index (χ3n) is 3.59. The van der Waals surface area contributed by atoms with Crippen LogP contribution in [0.5, 0.6) is 0 Å². The molecular weight excluding hydrogens is 244 g/mol. The summed E-state index contributed by atoms with van der Waals surface area (Å²) in [5.41, 5.74) is 0. The van der Waals surface area contributed by atoms with Gasteiger partial charge in [-0.1, -0.05) is 90.9 Å². The Kier molecular flexibility index (Phi) is 15.6. The van der Waals surface area contributed by atoms with Crippen LogP contribution in [0.25, 0.3) is 0 Å². The molecule has 0 saturated heterocycles. The van der Waals surface area contributed by atoms with Crippen LogP contribution in [0.4, 0.5) is 0 Å². The Morgan fingerprint density at radius 2 is 1.15 bits per heavy atom. The summed E-state index contributed by atoms with van der Waals surface area (Å²) in [6, 6.07) is 0. The fraction of sp³-hybridized carbons (Fsp3) is 0.833. The van der Waals surface area contributed by atoms with Gasteiger partial charge in [-0.05, 0) is 6.92 Å². The molecule has 2 nitrogen and oxygen atoms in total. The monoisotopic (exact) mass is 280 g/mol. The van der Waals surface area contributed by atoms with Crippen LogP contribution in [0.3, 0.4) is 0 Å². The van der Waals surface area contributed by atoms with Crippen LogP contribution in [0, 0.1) is 6.92 Å². The third kappa shape index (κ3) is 15.3. The van der Waals surface area contributed by atoms with Gasteiger partial charge in [0.15, 0.2) is 0 Å². The zero-order chi connectivity index (χ0) is 14.9. The average molecular weight is 280 g/mol. The molecule has 0 amide bonds. The highest BCUT2D eigenvalue weighted by Gasteiger charge is 1.91. The second-order valence-corrected chi connectivity index (χ2v) is 5.71. The Morgan fingerprint density at radius 1 is 0.750 bits per heavy atom. The van der Waals surface area contributed by atoms with Crippen molar-refractivity contribution in [3.63, 3.8) is 0 Å². The van der Waals surface area contributed by atoms with E-state index < -0.39 is 0 Å². The molecule has 0 unspecified atom stereocenters. The average Bonchev–Trinajstić information content (AvgIpc) is 2.93. The van der Waals surface area contributed by atoms with Gasteiger partial charge in [0.2, 0.25) is 0 Å². The van der Waals surface area contributed by atoms with Crippen molar-refractivity contribution in [1.29, 1.82) is 0 Å². The molecule has 0 fully saturated rings. The predicted octanol–water partition coefficient (Wildman–Crippen LogP) is 6.43. The first-order valence-electron chi connectivity index (χ1n) is 8.77. The molecule has 0 bridgehead atoms. The predicted molar refractivity (Wildman–Crippen MR) is 90.1 cm³/mol. The summed E-state index contributed by atoms with van der Waals surface area (Å²) in [5.74, 6) is 0.968. The van der Waals surface area contributed by atoms with Crippen molar-refractivity contribution >= 4 is 0 Å². The molecule has 0 aliphatic rings. The zero-order valence-corrected chi connectivity index (χ0v) is 14.1. The van der Waals surface area contributed by atoms with Gasteiger partial charge >= 0.3 is 0 Å². The number of imidazole rings is 1. The van der Waals surface area contributed by atoms with Gasteiger partial charge in [0.1, 0.15) is 5.82 Å². The van der Waals surface area contributed by atoms with E-state index in [9.17, 15) is 0 Å². The van der Waals surface area contributed by atoms with Crippen molar-refractivity contribution in [3.05, 3.63) is 18.2 Å². The molecule has 0 aromatic carbocycles. The van der Waals surface area contributed by atoms with Crippen LogP contribution in [0.15, 0.2) is 12.4 Å². The van der Waals surface area contributed by atoms with Gasteiger partial charge in [-0.25, -0.2) is 4.98 Å². The molecule has 0 aliphatic carbocycles. The molecular formula is C18H36N2. The Labute approximate surface area is 126 Å². The van der Waals surface area contributed by atoms with E-state index in [4.69, 9.17) is 0 Å². The maximum Gasteiger partial charge on any atom is 0.102 e. The molecule has 118 valence electrons. The summed E-state index contributed by atoms with van der Waals surface area (Å²) in [7, 11) is 0. The molecule has 0 saturated carbocycles. The number of nitrogens with one attached hydrogen (secondary N) is 1. The van der Waals surface area contributed by atoms with Gasteiger partial charge in [-0.3, -0.25) is 0 Å². The number of nitrogens with zero attached hydrogens (tertiary/aromatic N) is 1. The highest BCUT2D eigenvalue weighted by molar-refractivity contribution is 4.80. The first kappa shape index (κ1) is 19.2. The minimum Gasteiger partial charge on any atom is -0.349 e. The van der Waals surface area contributed by atoms with Gasteiger partial charge in [0.25, 0.3) is 0 Å². The Morgan fingerprint density at radius 3 is 1.35 bits per heavy atom. The van der Waals surface area contributed by atoms with Crippen LogP contribution < -0.4 is 0 Å². The molecule has 1 heterocycles. The number of H-pyrrole nitrogens is 1. The topological polar surface area (TPSA) is 28.7 Å².